The Bertz CT molecular complexity index is 1030. The summed E-state index contributed by atoms with van der Waals surface area (Å²) in [6, 6.07) is 4.11. The highest BCUT2D eigenvalue weighted by atomic mass is 32.1. The van der Waals surface area contributed by atoms with Gasteiger partial charge >= 0.3 is 0 Å². The molecular weight excluding hydrogens is 400 g/mol. The average molecular weight is 427 g/mol. The molecule has 0 aromatic carbocycles. The first-order valence-electron chi connectivity index (χ1n) is 10.2. The summed E-state index contributed by atoms with van der Waals surface area (Å²) in [5.74, 6) is 1.47. The molecule has 9 heteroatoms. The summed E-state index contributed by atoms with van der Waals surface area (Å²) in [4.78, 5) is 28.1. The fourth-order valence-corrected chi connectivity index (χ4v) is 4.48. The van der Waals surface area contributed by atoms with Gasteiger partial charge in [0.25, 0.3) is 0 Å². The second-order valence-corrected chi connectivity index (χ2v) is 8.61. The van der Waals surface area contributed by atoms with Crippen LogP contribution in [0.15, 0.2) is 22.0 Å². The van der Waals surface area contributed by atoms with Crippen molar-refractivity contribution < 1.29 is 9.32 Å². The highest BCUT2D eigenvalue weighted by molar-refractivity contribution is 7.13. The van der Waals surface area contributed by atoms with E-state index in [9.17, 15) is 4.79 Å². The molecule has 1 fully saturated rings. The van der Waals surface area contributed by atoms with Crippen LogP contribution in [0.5, 0.6) is 0 Å². The minimum absolute atomic E-state index is 0.125. The van der Waals surface area contributed by atoms with E-state index in [2.05, 4.69) is 26.5 Å². The number of likely N-dealkylation sites (tertiary alicyclic amines) is 1. The van der Waals surface area contributed by atoms with E-state index >= 15 is 0 Å². The molecule has 8 nitrogen and oxygen atoms in total. The normalized spacial score (nSPS) is 16.6. The Kier molecular flexibility index (Phi) is 6.08. The maximum atomic E-state index is 12.7. The zero-order chi connectivity index (χ0) is 21.1. The minimum atomic E-state index is 0.125. The van der Waals surface area contributed by atoms with Crippen LogP contribution in [0, 0.1) is 20.8 Å². The van der Waals surface area contributed by atoms with Gasteiger partial charge in [-0.3, -0.25) is 9.78 Å². The number of aryl methyl sites for hydroxylation is 4. The molecule has 1 aliphatic heterocycles. The summed E-state index contributed by atoms with van der Waals surface area (Å²) in [5.41, 5.74) is 3.97. The molecule has 0 spiro atoms. The van der Waals surface area contributed by atoms with Crippen LogP contribution < -0.4 is 5.32 Å². The lowest BCUT2D eigenvalue weighted by molar-refractivity contribution is -0.132. The first-order valence-corrected chi connectivity index (χ1v) is 11.1. The number of pyridine rings is 1. The monoisotopic (exact) mass is 426 g/mol. The SMILES string of the molecule is Cc1cc(Nc2nc(C)cs2)cc([C@H]2CCCN(C(=O)CCc3nc(C)no3)C2)n1. The fourth-order valence-electron chi connectivity index (χ4n) is 3.77. The van der Waals surface area contributed by atoms with Crippen LogP contribution in [0.2, 0.25) is 0 Å². The molecule has 0 bridgehead atoms. The van der Waals surface area contributed by atoms with Gasteiger partial charge in [-0.25, -0.2) is 4.98 Å². The molecule has 3 aromatic rings. The maximum Gasteiger partial charge on any atom is 0.227 e. The molecule has 0 unspecified atom stereocenters. The molecule has 1 saturated heterocycles. The van der Waals surface area contributed by atoms with Gasteiger partial charge in [0.15, 0.2) is 11.0 Å². The summed E-state index contributed by atoms with van der Waals surface area (Å²) in [5, 5.41) is 10.1. The third kappa shape index (κ3) is 5.02. The van der Waals surface area contributed by atoms with Crippen LogP contribution >= 0.6 is 11.3 Å². The van der Waals surface area contributed by atoms with E-state index < -0.39 is 0 Å². The Labute approximate surface area is 179 Å². The summed E-state index contributed by atoms with van der Waals surface area (Å²) >= 11 is 1.59. The molecule has 0 saturated carbocycles. The number of carbonyl (C=O) groups is 1. The van der Waals surface area contributed by atoms with Crippen molar-refractivity contribution in [1.29, 1.82) is 0 Å². The molecule has 0 aliphatic carbocycles. The van der Waals surface area contributed by atoms with E-state index in [1.165, 1.54) is 0 Å². The van der Waals surface area contributed by atoms with Gasteiger partial charge in [-0.05, 0) is 45.7 Å². The first-order chi connectivity index (χ1) is 14.5. The van der Waals surface area contributed by atoms with Gasteiger partial charge in [0.1, 0.15) is 0 Å². The van der Waals surface area contributed by atoms with Gasteiger partial charge in [0, 0.05) is 54.3 Å². The highest BCUT2D eigenvalue weighted by Crippen LogP contribution is 2.29. The van der Waals surface area contributed by atoms with Crippen molar-refractivity contribution in [2.45, 2.75) is 52.4 Å². The lowest BCUT2D eigenvalue weighted by atomic mass is 9.93. The Morgan fingerprint density at radius 2 is 2.10 bits per heavy atom. The van der Waals surface area contributed by atoms with Gasteiger partial charge in [0.2, 0.25) is 11.8 Å². The summed E-state index contributed by atoms with van der Waals surface area (Å²) in [6.07, 6.45) is 2.86. The maximum absolute atomic E-state index is 12.7. The third-order valence-corrected chi connectivity index (χ3v) is 6.03. The second kappa shape index (κ2) is 8.91. The smallest absolute Gasteiger partial charge is 0.227 e. The number of hydrogen-bond donors (Lipinski definition) is 1. The van der Waals surface area contributed by atoms with E-state index in [4.69, 9.17) is 9.51 Å². The van der Waals surface area contributed by atoms with Gasteiger partial charge < -0.3 is 14.7 Å². The summed E-state index contributed by atoms with van der Waals surface area (Å²) < 4.78 is 5.12. The molecular formula is C21H26N6O2S. The van der Waals surface area contributed by atoms with Crippen LogP contribution in [0.1, 0.15) is 54.0 Å². The standard InChI is InChI=1S/C21H26N6O2S/c1-13-9-17(25-21-23-14(2)12-30-21)10-18(22-13)16-5-4-8-27(11-16)20(28)7-6-19-24-15(3)26-29-19/h9-10,12,16H,4-8,11H2,1-3H3,(H,22,23,25)/t16-/m0/s1. The quantitative estimate of drug-likeness (QED) is 0.638. The number of hydrogen-bond acceptors (Lipinski definition) is 8. The molecule has 1 atom stereocenters. The van der Waals surface area contributed by atoms with Crippen LogP contribution in [-0.4, -0.2) is 44.0 Å². The zero-order valence-corrected chi connectivity index (χ0v) is 18.3. The van der Waals surface area contributed by atoms with Crippen molar-refractivity contribution in [2.75, 3.05) is 18.4 Å². The van der Waals surface area contributed by atoms with Gasteiger partial charge in [-0.15, -0.1) is 11.3 Å². The lowest BCUT2D eigenvalue weighted by Crippen LogP contribution is -2.39. The topological polar surface area (TPSA) is 97.0 Å². The largest absolute Gasteiger partial charge is 0.342 e. The molecule has 1 aliphatic rings. The number of anilines is 2. The summed E-state index contributed by atoms with van der Waals surface area (Å²) in [6.45, 7) is 7.23. The number of nitrogens with zero attached hydrogens (tertiary/aromatic N) is 5. The van der Waals surface area contributed by atoms with Crippen LogP contribution in [0.4, 0.5) is 10.8 Å². The van der Waals surface area contributed by atoms with Gasteiger partial charge in [-0.1, -0.05) is 5.16 Å². The number of piperidine rings is 1. The lowest BCUT2D eigenvalue weighted by Gasteiger charge is -2.32. The minimum Gasteiger partial charge on any atom is -0.342 e. The van der Waals surface area contributed by atoms with Crippen molar-refractivity contribution in [1.82, 2.24) is 25.0 Å². The molecule has 158 valence electrons. The van der Waals surface area contributed by atoms with Crippen molar-refractivity contribution in [2.24, 2.45) is 0 Å². The fraction of sp³-hybridized carbons (Fsp3) is 0.476. The van der Waals surface area contributed by atoms with Crippen molar-refractivity contribution in [3.05, 3.63) is 46.3 Å². The Morgan fingerprint density at radius 1 is 1.23 bits per heavy atom. The Morgan fingerprint density at radius 3 is 2.83 bits per heavy atom. The molecule has 4 rings (SSSR count). The molecule has 0 radical (unpaired) electrons. The molecule has 3 aromatic heterocycles. The van der Waals surface area contributed by atoms with Gasteiger partial charge in [-0.2, -0.15) is 4.98 Å². The summed E-state index contributed by atoms with van der Waals surface area (Å²) in [7, 11) is 0. The van der Waals surface area contributed by atoms with Crippen LogP contribution in [-0.2, 0) is 11.2 Å². The number of nitrogens with one attached hydrogen (secondary N) is 1. The van der Waals surface area contributed by atoms with E-state index in [1.807, 2.05) is 30.2 Å². The predicted molar refractivity (Wildman–Crippen MR) is 115 cm³/mol. The Balaban J connectivity index is 1.41. The number of carbonyl (C=O) groups excluding carboxylic acids is 1. The number of amides is 1. The van der Waals surface area contributed by atoms with Crippen molar-refractivity contribution in [3.8, 4) is 0 Å². The van der Waals surface area contributed by atoms with E-state index in [0.29, 0.717) is 31.1 Å². The Hall–Kier alpha value is -2.81. The zero-order valence-electron chi connectivity index (χ0n) is 17.5. The highest BCUT2D eigenvalue weighted by Gasteiger charge is 2.26. The van der Waals surface area contributed by atoms with Crippen LogP contribution in [0.3, 0.4) is 0 Å². The number of thiazole rings is 1. The van der Waals surface area contributed by atoms with Crippen molar-refractivity contribution in [3.63, 3.8) is 0 Å². The molecule has 30 heavy (non-hydrogen) atoms. The van der Waals surface area contributed by atoms with E-state index in [-0.39, 0.29) is 11.8 Å². The van der Waals surface area contributed by atoms with Gasteiger partial charge in [0.05, 0.1) is 5.69 Å². The number of aromatic nitrogens is 4. The predicted octanol–water partition coefficient (Wildman–Crippen LogP) is 3.93. The van der Waals surface area contributed by atoms with E-state index in [1.54, 1.807) is 18.3 Å². The second-order valence-electron chi connectivity index (χ2n) is 7.76. The molecule has 1 amide bonds. The number of rotatable bonds is 6. The third-order valence-electron chi connectivity index (χ3n) is 5.16. The van der Waals surface area contributed by atoms with Crippen LogP contribution in [0.25, 0.3) is 0 Å². The average Bonchev–Trinajstić information content (AvgIpc) is 3.33. The van der Waals surface area contributed by atoms with Crippen molar-refractivity contribution >= 4 is 28.1 Å². The van der Waals surface area contributed by atoms with E-state index in [0.717, 1.165) is 47.3 Å². The molecule has 4 heterocycles. The first kappa shape index (κ1) is 20.5. The molecule has 1 N–H and O–H groups in total.